The number of thiophene rings is 1. The van der Waals surface area contributed by atoms with Gasteiger partial charge < -0.3 is 13.6 Å². The Morgan fingerprint density at radius 3 is 2.00 bits per heavy atom. The Morgan fingerprint density at radius 2 is 1.18 bits per heavy atom. The molecule has 4 heterocycles. The minimum absolute atomic E-state index is 0.0952. The average molecular weight is 659 g/mol. The number of rotatable bonds is 2. The van der Waals surface area contributed by atoms with E-state index >= 15 is 0 Å². The molecule has 234 valence electrons. The Labute approximate surface area is 289 Å². The molecule has 3 aromatic heterocycles. The fourth-order valence-corrected chi connectivity index (χ4v) is 9.79. The van der Waals surface area contributed by atoms with Crippen LogP contribution in [0.5, 0.6) is 5.75 Å². The van der Waals surface area contributed by atoms with Crippen LogP contribution < -0.4 is 4.74 Å². The fraction of sp³-hybridized carbons (Fsp3) is 0.0435. The largest absolute Gasteiger partial charge is 0.484 e. The summed E-state index contributed by atoms with van der Waals surface area (Å²) < 4.78 is 22.6. The number of benzene rings is 8. The van der Waals surface area contributed by atoms with Crippen LogP contribution in [0.4, 0.5) is 0 Å². The summed E-state index contributed by atoms with van der Waals surface area (Å²) in [6.07, 6.45) is 0.742. The Balaban J connectivity index is 1.07. The minimum atomic E-state index is -0.0952. The van der Waals surface area contributed by atoms with E-state index in [9.17, 15) is 0 Å². The van der Waals surface area contributed by atoms with Gasteiger partial charge in [0.2, 0.25) is 0 Å². The van der Waals surface area contributed by atoms with Crippen molar-refractivity contribution in [2.24, 2.45) is 0 Å². The second-order valence-electron chi connectivity index (χ2n) is 13.4. The molecule has 11 aromatic rings. The normalized spacial score (nSPS) is 14.7. The number of ether oxygens (including phenoxy) is 1. The fourth-order valence-electron chi connectivity index (χ4n) is 8.69. The summed E-state index contributed by atoms with van der Waals surface area (Å²) in [6, 6.07) is 49.9. The third-order valence-electron chi connectivity index (χ3n) is 10.8. The minimum Gasteiger partial charge on any atom is -0.484 e. The van der Waals surface area contributed by atoms with Gasteiger partial charge in [0, 0.05) is 48.3 Å². The van der Waals surface area contributed by atoms with Gasteiger partial charge in [-0.25, -0.2) is 0 Å². The van der Waals surface area contributed by atoms with Crippen molar-refractivity contribution in [2.45, 2.75) is 12.5 Å². The number of hydrogen-bond donors (Lipinski definition) is 0. The Kier molecular flexibility index (Phi) is 5.23. The molecule has 0 saturated heterocycles. The van der Waals surface area contributed by atoms with Crippen LogP contribution >= 0.6 is 11.3 Å². The molecule has 1 aliphatic rings. The van der Waals surface area contributed by atoms with Crippen molar-refractivity contribution >= 4 is 96.9 Å². The van der Waals surface area contributed by atoms with Crippen LogP contribution in [0.25, 0.3) is 96.7 Å². The predicted molar refractivity (Wildman–Crippen MR) is 208 cm³/mol. The van der Waals surface area contributed by atoms with Crippen molar-refractivity contribution in [2.75, 3.05) is 0 Å². The highest BCUT2D eigenvalue weighted by molar-refractivity contribution is 7.25. The van der Waals surface area contributed by atoms with Crippen molar-refractivity contribution in [1.82, 2.24) is 0 Å². The van der Waals surface area contributed by atoms with Crippen LogP contribution in [0, 0.1) is 0 Å². The second kappa shape index (κ2) is 9.75. The van der Waals surface area contributed by atoms with E-state index in [1.165, 1.54) is 58.4 Å². The molecule has 0 amide bonds. The lowest BCUT2D eigenvalue weighted by atomic mass is 9.85. The van der Waals surface area contributed by atoms with Gasteiger partial charge >= 0.3 is 0 Å². The first-order valence-corrected chi connectivity index (χ1v) is 17.9. The summed E-state index contributed by atoms with van der Waals surface area (Å²) in [6.45, 7) is 0. The Morgan fingerprint density at radius 1 is 0.480 bits per heavy atom. The second-order valence-corrected chi connectivity index (χ2v) is 14.5. The van der Waals surface area contributed by atoms with E-state index in [2.05, 4.69) is 127 Å². The molecule has 0 fully saturated rings. The molecule has 8 aromatic carbocycles. The van der Waals surface area contributed by atoms with Crippen LogP contribution in [0.15, 0.2) is 148 Å². The number of para-hydroxylation sites is 1. The molecule has 50 heavy (non-hydrogen) atoms. The van der Waals surface area contributed by atoms with E-state index < -0.39 is 0 Å². The molecule has 12 rings (SSSR count). The van der Waals surface area contributed by atoms with Gasteiger partial charge in [0.25, 0.3) is 0 Å². The van der Waals surface area contributed by atoms with E-state index in [4.69, 9.17) is 13.6 Å². The molecular formula is C46H26O3S. The van der Waals surface area contributed by atoms with Gasteiger partial charge in [-0.15, -0.1) is 11.3 Å². The van der Waals surface area contributed by atoms with Crippen molar-refractivity contribution in [3.8, 4) is 16.9 Å². The van der Waals surface area contributed by atoms with Gasteiger partial charge in [0.05, 0.1) is 5.39 Å². The monoisotopic (exact) mass is 658 g/mol. The molecule has 0 saturated carbocycles. The lowest BCUT2D eigenvalue weighted by Gasteiger charge is -2.21. The van der Waals surface area contributed by atoms with Crippen molar-refractivity contribution < 1.29 is 13.6 Å². The molecule has 0 N–H and O–H groups in total. The van der Waals surface area contributed by atoms with Gasteiger partial charge in [0.1, 0.15) is 34.2 Å². The summed E-state index contributed by atoms with van der Waals surface area (Å²) >= 11 is 1.84. The van der Waals surface area contributed by atoms with Crippen molar-refractivity contribution in [1.29, 1.82) is 0 Å². The third kappa shape index (κ3) is 3.53. The van der Waals surface area contributed by atoms with Gasteiger partial charge in [0.15, 0.2) is 0 Å². The topological polar surface area (TPSA) is 35.5 Å². The number of furan rings is 2. The molecule has 0 spiro atoms. The lowest BCUT2D eigenvalue weighted by molar-refractivity contribution is 0.244. The molecular weight excluding hydrogens is 633 g/mol. The average Bonchev–Trinajstić information content (AvgIpc) is 3.94. The first-order valence-electron chi connectivity index (χ1n) is 17.1. The van der Waals surface area contributed by atoms with Crippen LogP contribution in [0.1, 0.15) is 17.2 Å². The zero-order valence-electron chi connectivity index (χ0n) is 26.7. The maximum atomic E-state index is 7.07. The smallest absolute Gasteiger partial charge is 0.147 e. The van der Waals surface area contributed by atoms with Crippen LogP contribution in [0.2, 0.25) is 0 Å². The molecule has 0 bridgehead atoms. The first kappa shape index (κ1) is 26.8. The summed E-state index contributed by atoms with van der Waals surface area (Å²) in [5, 5.41) is 11.7. The molecule has 0 radical (unpaired) electrons. The maximum Gasteiger partial charge on any atom is 0.147 e. The zero-order valence-corrected chi connectivity index (χ0v) is 27.5. The molecule has 4 heteroatoms. The van der Waals surface area contributed by atoms with E-state index in [1.807, 2.05) is 23.5 Å². The zero-order chi connectivity index (χ0) is 32.5. The summed E-state index contributed by atoms with van der Waals surface area (Å²) in [7, 11) is 0. The van der Waals surface area contributed by atoms with Gasteiger partial charge in [-0.3, -0.25) is 0 Å². The van der Waals surface area contributed by atoms with Crippen LogP contribution in [-0.4, -0.2) is 0 Å². The number of fused-ring (bicyclic) bond motifs is 14. The van der Waals surface area contributed by atoms with Crippen molar-refractivity contribution in [3.63, 3.8) is 0 Å². The number of hydrogen-bond acceptors (Lipinski definition) is 4. The van der Waals surface area contributed by atoms with E-state index in [0.29, 0.717) is 0 Å². The highest BCUT2D eigenvalue weighted by Crippen LogP contribution is 2.51. The van der Waals surface area contributed by atoms with E-state index in [0.717, 1.165) is 61.6 Å². The molecule has 0 aliphatic carbocycles. The van der Waals surface area contributed by atoms with Crippen LogP contribution in [0.3, 0.4) is 0 Å². The Hall–Kier alpha value is -6.10. The van der Waals surface area contributed by atoms with Crippen LogP contribution in [-0.2, 0) is 6.42 Å². The highest BCUT2D eigenvalue weighted by Gasteiger charge is 2.31. The summed E-state index contributed by atoms with van der Waals surface area (Å²) in [5.41, 5.74) is 8.31. The summed E-state index contributed by atoms with van der Waals surface area (Å²) in [5.74, 6) is 1.04. The summed E-state index contributed by atoms with van der Waals surface area (Å²) in [4.78, 5) is 0. The van der Waals surface area contributed by atoms with Gasteiger partial charge in [-0.1, -0.05) is 97.1 Å². The molecule has 1 unspecified atom stereocenters. The van der Waals surface area contributed by atoms with Crippen molar-refractivity contribution in [3.05, 3.63) is 151 Å². The SMILES string of the molecule is c1ccc2c(c1)oc1c2ccc2oc3cc(-c4c5ccccc5c(C5Cc6ccc7sc8ccccc8c7c6O5)c5ccccc45)ccc3c21. The lowest BCUT2D eigenvalue weighted by Crippen LogP contribution is -2.06. The van der Waals surface area contributed by atoms with E-state index in [-0.39, 0.29) is 6.10 Å². The van der Waals surface area contributed by atoms with E-state index in [1.54, 1.807) is 0 Å². The standard InChI is InChI=1S/C46H26O3S/c1-3-12-30-28(10-1)41(25-17-19-33-37(23-25)47-36-21-20-32-27-9-5-7-15-35(27)48-46(32)43(33)36)29-11-2-4-13-31(29)42(30)38-24-26-18-22-40-44(45(26)49-38)34-14-6-8-16-39(34)50-40/h1-23,38H,24H2. The molecule has 3 nitrogen and oxygen atoms in total. The van der Waals surface area contributed by atoms with Gasteiger partial charge in [-0.05, 0) is 80.7 Å². The first-order chi connectivity index (χ1) is 24.8. The quantitative estimate of drug-likeness (QED) is 0.173. The molecule has 1 aliphatic heterocycles. The molecule has 1 atom stereocenters. The van der Waals surface area contributed by atoms with Gasteiger partial charge in [-0.2, -0.15) is 0 Å². The predicted octanol–water partition coefficient (Wildman–Crippen LogP) is 13.5. The highest BCUT2D eigenvalue weighted by atomic mass is 32.1. The maximum absolute atomic E-state index is 7.07. The Bertz CT molecular complexity index is 3170. The third-order valence-corrected chi connectivity index (χ3v) is 11.9.